The molecule has 28 heavy (non-hydrogen) atoms. The van der Waals surface area contributed by atoms with Crippen molar-refractivity contribution in [3.05, 3.63) is 53.6 Å². The normalized spacial score (nSPS) is 11.8. The van der Waals surface area contributed by atoms with E-state index in [1.165, 1.54) is 32.5 Å². The Balaban J connectivity index is 1.98. The van der Waals surface area contributed by atoms with Crippen molar-refractivity contribution in [3.63, 3.8) is 0 Å². The number of aryl methyl sites for hydroxylation is 1. The Morgan fingerprint density at radius 1 is 1.25 bits per heavy atom. The van der Waals surface area contributed by atoms with Crippen LogP contribution in [0, 0.1) is 6.92 Å². The number of likely N-dealkylation sites (N-methyl/N-ethyl adjacent to an activating group) is 1. The summed E-state index contributed by atoms with van der Waals surface area (Å²) < 4.78 is 31.4. The van der Waals surface area contributed by atoms with E-state index in [1.807, 2.05) is 30.5 Å². The fourth-order valence-electron chi connectivity index (χ4n) is 2.38. The first-order chi connectivity index (χ1) is 13.3. The number of hydrogen-bond donors (Lipinski definition) is 1. The molecule has 0 bridgehead atoms. The van der Waals surface area contributed by atoms with Gasteiger partial charge < -0.3 is 4.74 Å². The standard InChI is InChI=1S/C19H23N3O4S2/c1-14-11-17(9-10-18(14)26-3)28(24,25)22(2)13-19(23)21-20-12-15-5-7-16(27-4)8-6-15/h5-12H,13H2,1-4H3,(H,21,23)/b20-12-. The quantitative estimate of drug-likeness (QED) is 0.402. The van der Waals surface area contributed by atoms with E-state index < -0.39 is 15.9 Å². The summed E-state index contributed by atoms with van der Waals surface area (Å²) in [7, 11) is -0.939. The van der Waals surface area contributed by atoms with E-state index in [-0.39, 0.29) is 11.4 Å². The van der Waals surface area contributed by atoms with E-state index in [0.717, 1.165) is 14.8 Å². The predicted molar refractivity (Wildman–Crippen MR) is 112 cm³/mol. The zero-order valence-corrected chi connectivity index (χ0v) is 17.8. The molecule has 2 rings (SSSR count). The third-order valence-corrected chi connectivity index (χ3v) is 6.50. The number of sulfonamides is 1. The summed E-state index contributed by atoms with van der Waals surface area (Å²) in [6, 6.07) is 12.2. The van der Waals surface area contributed by atoms with Gasteiger partial charge in [0.1, 0.15) is 5.75 Å². The van der Waals surface area contributed by atoms with Crippen LogP contribution < -0.4 is 10.2 Å². The lowest BCUT2D eigenvalue weighted by Crippen LogP contribution is -2.36. The summed E-state index contributed by atoms with van der Waals surface area (Å²) in [6.07, 6.45) is 3.49. The van der Waals surface area contributed by atoms with Crippen LogP contribution in [0.25, 0.3) is 0 Å². The molecule has 1 N–H and O–H groups in total. The molecule has 0 atom stereocenters. The molecule has 0 spiro atoms. The summed E-state index contributed by atoms with van der Waals surface area (Å²) in [5.41, 5.74) is 3.86. The third-order valence-electron chi connectivity index (χ3n) is 3.96. The van der Waals surface area contributed by atoms with Gasteiger partial charge in [-0.05, 0) is 54.6 Å². The van der Waals surface area contributed by atoms with E-state index in [9.17, 15) is 13.2 Å². The minimum absolute atomic E-state index is 0.0958. The van der Waals surface area contributed by atoms with Crippen molar-refractivity contribution in [2.75, 3.05) is 27.0 Å². The summed E-state index contributed by atoms with van der Waals surface area (Å²) >= 11 is 1.63. The number of carbonyl (C=O) groups excluding carboxylic acids is 1. The van der Waals surface area contributed by atoms with Crippen molar-refractivity contribution in [2.24, 2.45) is 5.10 Å². The fourth-order valence-corrected chi connectivity index (χ4v) is 4.00. The van der Waals surface area contributed by atoms with Gasteiger partial charge >= 0.3 is 0 Å². The number of carbonyl (C=O) groups is 1. The Morgan fingerprint density at radius 3 is 2.50 bits per heavy atom. The number of hydrazone groups is 1. The predicted octanol–water partition coefficient (Wildman–Crippen LogP) is 2.50. The molecule has 0 aliphatic rings. The Labute approximate surface area is 169 Å². The third kappa shape index (κ3) is 5.57. The highest BCUT2D eigenvalue weighted by atomic mass is 32.2. The lowest BCUT2D eigenvalue weighted by atomic mass is 10.2. The molecule has 150 valence electrons. The van der Waals surface area contributed by atoms with Crippen LogP contribution in [-0.2, 0) is 14.8 Å². The molecule has 0 heterocycles. The molecule has 1 amide bonds. The Morgan fingerprint density at radius 2 is 1.93 bits per heavy atom. The maximum Gasteiger partial charge on any atom is 0.255 e. The lowest BCUT2D eigenvalue weighted by molar-refractivity contribution is -0.121. The molecule has 2 aromatic rings. The Bertz CT molecular complexity index is 958. The first-order valence-corrected chi connectivity index (χ1v) is 11.0. The molecule has 0 fully saturated rings. The number of benzene rings is 2. The Kier molecular flexibility index (Phi) is 7.61. The number of rotatable bonds is 8. The van der Waals surface area contributed by atoms with Crippen LogP contribution in [0.15, 0.2) is 57.4 Å². The molecule has 0 saturated carbocycles. The summed E-state index contributed by atoms with van der Waals surface area (Å²) in [4.78, 5) is 13.3. The number of amides is 1. The zero-order valence-electron chi connectivity index (χ0n) is 16.2. The van der Waals surface area contributed by atoms with Gasteiger partial charge in [-0.1, -0.05) is 12.1 Å². The van der Waals surface area contributed by atoms with Crippen LogP contribution >= 0.6 is 11.8 Å². The summed E-state index contributed by atoms with van der Waals surface area (Å²) in [5.74, 6) is 0.0625. The van der Waals surface area contributed by atoms with E-state index in [2.05, 4.69) is 10.5 Å². The minimum atomic E-state index is -3.80. The van der Waals surface area contributed by atoms with Crippen LogP contribution in [0.1, 0.15) is 11.1 Å². The zero-order chi connectivity index (χ0) is 20.7. The minimum Gasteiger partial charge on any atom is -0.496 e. The highest BCUT2D eigenvalue weighted by Gasteiger charge is 2.23. The highest BCUT2D eigenvalue weighted by molar-refractivity contribution is 7.98. The van der Waals surface area contributed by atoms with E-state index in [1.54, 1.807) is 24.8 Å². The number of thioether (sulfide) groups is 1. The van der Waals surface area contributed by atoms with Crippen LogP contribution in [0.5, 0.6) is 5.75 Å². The maximum absolute atomic E-state index is 12.6. The molecule has 7 nitrogen and oxygen atoms in total. The van der Waals surface area contributed by atoms with Crippen molar-refractivity contribution in [1.29, 1.82) is 0 Å². The van der Waals surface area contributed by atoms with Gasteiger partial charge in [-0.2, -0.15) is 9.41 Å². The fraction of sp³-hybridized carbons (Fsp3) is 0.263. The number of hydrogen-bond acceptors (Lipinski definition) is 6. The highest BCUT2D eigenvalue weighted by Crippen LogP contribution is 2.23. The number of nitrogens with zero attached hydrogens (tertiary/aromatic N) is 2. The second-order valence-corrected chi connectivity index (χ2v) is 8.88. The van der Waals surface area contributed by atoms with Crippen molar-refractivity contribution < 1.29 is 17.9 Å². The average Bonchev–Trinajstić information content (AvgIpc) is 2.68. The van der Waals surface area contributed by atoms with E-state index in [0.29, 0.717) is 11.3 Å². The smallest absolute Gasteiger partial charge is 0.255 e. The summed E-state index contributed by atoms with van der Waals surface area (Å²) in [6.45, 7) is 1.40. The molecule has 0 aromatic heterocycles. The molecule has 9 heteroatoms. The maximum atomic E-state index is 12.6. The first-order valence-electron chi connectivity index (χ1n) is 8.35. The van der Waals surface area contributed by atoms with Crippen molar-refractivity contribution in [1.82, 2.24) is 9.73 Å². The van der Waals surface area contributed by atoms with Crippen LogP contribution in [0.2, 0.25) is 0 Å². The van der Waals surface area contributed by atoms with Gasteiger partial charge in [0, 0.05) is 11.9 Å². The molecule has 0 unspecified atom stereocenters. The van der Waals surface area contributed by atoms with Crippen LogP contribution in [0.4, 0.5) is 0 Å². The number of nitrogens with one attached hydrogen (secondary N) is 1. The lowest BCUT2D eigenvalue weighted by Gasteiger charge is -2.17. The van der Waals surface area contributed by atoms with Crippen LogP contribution in [-0.4, -0.2) is 51.8 Å². The molecule has 0 aliphatic heterocycles. The van der Waals surface area contributed by atoms with Gasteiger partial charge in [0.25, 0.3) is 5.91 Å². The van der Waals surface area contributed by atoms with Crippen molar-refractivity contribution in [2.45, 2.75) is 16.7 Å². The van der Waals surface area contributed by atoms with Gasteiger partial charge in [0.05, 0.1) is 24.8 Å². The second kappa shape index (κ2) is 9.72. The van der Waals surface area contributed by atoms with Crippen molar-refractivity contribution >= 4 is 33.9 Å². The monoisotopic (exact) mass is 421 g/mol. The Hall–Kier alpha value is -2.36. The second-order valence-electron chi connectivity index (χ2n) is 5.96. The van der Waals surface area contributed by atoms with Gasteiger partial charge in [-0.25, -0.2) is 13.8 Å². The summed E-state index contributed by atoms with van der Waals surface area (Å²) in [5, 5.41) is 3.87. The average molecular weight is 422 g/mol. The molecular weight excluding hydrogens is 398 g/mol. The number of methoxy groups -OCH3 is 1. The van der Waals surface area contributed by atoms with Crippen LogP contribution in [0.3, 0.4) is 0 Å². The molecule has 2 aromatic carbocycles. The molecule has 0 aliphatic carbocycles. The topological polar surface area (TPSA) is 88.1 Å². The first kappa shape index (κ1) is 21.9. The van der Waals surface area contributed by atoms with E-state index in [4.69, 9.17) is 4.74 Å². The van der Waals surface area contributed by atoms with Gasteiger partial charge in [0.15, 0.2) is 0 Å². The number of ether oxygens (including phenoxy) is 1. The molecule has 0 radical (unpaired) electrons. The van der Waals surface area contributed by atoms with E-state index >= 15 is 0 Å². The van der Waals surface area contributed by atoms with Gasteiger partial charge in [-0.15, -0.1) is 11.8 Å². The molecular formula is C19H23N3O4S2. The largest absolute Gasteiger partial charge is 0.496 e. The SMILES string of the molecule is COc1ccc(S(=O)(=O)N(C)CC(=O)N/N=C\c2ccc(SC)cc2)cc1C. The van der Waals surface area contributed by atoms with Gasteiger partial charge in [0.2, 0.25) is 10.0 Å². The van der Waals surface area contributed by atoms with Crippen molar-refractivity contribution in [3.8, 4) is 5.75 Å². The van der Waals surface area contributed by atoms with Gasteiger partial charge in [-0.3, -0.25) is 4.79 Å². The molecule has 0 saturated heterocycles.